The Labute approximate surface area is 91.0 Å². The molecule has 2 atom stereocenters. The topological polar surface area (TPSA) is 29.5 Å². The van der Waals surface area contributed by atoms with Crippen molar-refractivity contribution in [1.29, 1.82) is 0 Å². The molecule has 0 aromatic rings. The fourth-order valence-electron chi connectivity index (χ4n) is 1.49. The van der Waals surface area contributed by atoms with Crippen molar-refractivity contribution in [2.75, 3.05) is 13.1 Å². The number of likely N-dealkylation sites (tertiary alicyclic amines) is 1. The molecule has 0 spiro atoms. The summed E-state index contributed by atoms with van der Waals surface area (Å²) in [5, 5.41) is -0.0454. The number of carbonyl (C=O) groups is 1. The van der Waals surface area contributed by atoms with E-state index >= 15 is 0 Å². The van der Waals surface area contributed by atoms with Gasteiger partial charge in [0, 0.05) is 18.2 Å². The van der Waals surface area contributed by atoms with Crippen molar-refractivity contribution in [3.63, 3.8) is 0 Å². The number of alkyl halides is 3. The monoisotopic (exact) mass is 243 g/mol. The minimum atomic E-state index is -4.92. The van der Waals surface area contributed by atoms with E-state index in [0.29, 0.717) is 19.5 Å². The van der Waals surface area contributed by atoms with E-state index in [1.165, 1.54) is 0 Å². The van der Waals surface area contributed by atoms with Gasteiger partial charge in [0.2, 0.25) is 0 Å². The summed E-state index contributed by atoms with van der Waals surface area (Å²) >= 11 is 4.15. The number of hydrogen-bond acceptors (Lipinski definition) is 4. The lowest BCUT2D eigenvalue weighted by atomic mass is 10.3. The van der Waals surface area contributed by atoms with Crippen LogP contribution in [0.25, 0.3) is 0 Å². The van der Waals surface area contributed by atoms with Gasteiger partial charge in [-0.25, -0.2) is 4.79 Å². The zero-order valence-electron chi connectivity index (χ0n) is 8.12. The summed E-state index contributed by atoms with van der Waals surface area (Å²) in [4.78, 5) is 12.2. The molecular formula is C8H12F3NO2S. The van der Waals surface area contributed by atoms with Crippen molar-refractivity contribution in [3.05, 3.63) is 0 Å². The molecule has 3 nitrogen and oxygen atoms in total. The van der Waals surface area contributed by atoms with E-state index in [1.54, 1.807) is 11.8 Å². The van der Waals surface area contributed by atoms with Gasteiger partial charge in [0.15, 0.2) is 6.23 Å². The predicted molar refractivity (Wildman–Crippen MR) is 50.6 cm³/mol. The average molecular weight is 243 g/mol. The van der Waals surface area contributed by atoms with Gasteiger partial charge in [-0.15, -0.1) is 0 Å². The van der Waals surface area contributed by atoms with Crippen molar-refractivity contribution < 1.29 is 22.7 Å². The van der Waals surface area contributed by atoms with Crippen LogP contribution in [0.1, 0.15) is 13.3 Å². The van der Waals surface area contributed by atoms with E-state index in [0.717, 1.165) is 0 Å². The molecule has 15 heavy (non-hydrogen) atoms. The molecule has 0 aromatic heterocycles. The largest absolute Gasteiger partial charge is 0.490 e. The summed E-state index contributed by atoms with van der Waals surface area (Å²) in [6.45, 7) is 2.86. The first-order valence-electron chi connectivity index (χ1n) is 4.54. The van der Waals surface area contributed by atoms with Gasteiger partial charge < -0.3 is 4.74 Å². The van der Waals surface area contributed by atoms with Gasteiger partial charge in [0.1, 0.15) is 0 Å². The fourth-order valence-corrected chi connectivity index (χ4v) is 1.88. The van der Waals surface area contributed by atoms with E-state index < -0.39 is 18.4 Å². The fraction of sp³-hybridized carbons (Fsp3) is 0.875. The highest BCUT2D eigenvalue weighted by atomic mass is 32.1. The Morgan fingerprint density at radius 3 is 2.67 bits per heavy atom. The molecule has 0 N–H and O–H groups in total. The molecular weight excluding hydrogens is 231 g/mol. The zero-order chi connectivity index (χ0) is 11.6. The molecule has 88 valence electrons. The molecule has 7 heteroatoms. The number of carbonyl (C=O) groups excluding carboxylic acids is 1. The third-order valence-electron chi connectivity index (χ3n) is 2.21. The smallest absolute Gasteiger partial charge is 0.440 e. The van der Waals surface area contributed by atoms with Crippen LogP contribution in [0, 0.1) is 0 Å². The molecule has 0 aliphatic carbocycles. The Bertz CT molecular complexity index is 247. The maximum Gasteiger partial charge on any atom is 0.490 e. The molecule has 1 saturated heterocycles. The summed E-state index contributed by atoms with van der Waals surface area (Å²) in [5.74, 6) is -2.13. The van der Waals surface area contributed by atoms with Gasteiger partial charge in [0.25, 0.3) is 0 Å². The Kier molecular flexibility index (Phi) is 3.88. The molecule has 1 aliphatic rings. The Morgan fingerprint density at radius 2 is 2.20 bits per heavy atom. The van der Waals surface area contributed by atoms with Crippen LogP contribution in [0.15, 0.2) is 0 Å². The number of esters is 1. The standard InChI is InChI=1S/C8H12F3NO2S/c1-2-12-4-5(15)3-6(12)14-7(13)8(9,10)11/h5-6,15H,2-4H2,1H3. The first-order chi connectivity index (χ1) is 6.84. The van der Waals surface area contributed by atoms with Crippen LogP contribution >= 0.6 is 12.6 Å². The van der Waals surface area contributed by atoms with Crippen molar-refractivity contribution in [1.82, 2.24) is 4.90 Å². The lowest BCUT2D eigenvalue weighted by Gasteiger charge is -2.22. The average Bonchev–Trinajstić information content (AvgIpc) is 2.44. The Hall–Kier alpha value is -0.430. The molecule has 1 heterocycles. The summed E-state index contributed by atoms with van der Waals surface area (Å²) in [6, 6.07) is 0. The summed E-state index contributed by atoms with van der Waals surface area (Å²) in [5.41, 5.74) is 0. The normalized spacial score (nSPS) is 28.1. The molecule has 0 saturated carbocycles. The Balaban J connectivity index is 2.54. The molecule has 0 amide bonds. The molecule has 1 fully saturated rings. The number of rotatable bonds is 2. The van der Waals surface area contributed by atoms with E-state index in [2.05, 4.69) is 17.4 Å². The van der Waals surface area contributed by atoms with E-state index in [9.17, 15) is 18.0 Å². The van der Waals surface area contributed by atoms with Crippen LogP contribution in [-0.2, 0) is 9.53 Å². The zero-order valence-corrected chi connectivity index (χ0v) is 9.02. The van der Waals surface area contributed by atoms with Gasteiger partial charge in [-0.1, -0.05) is 6.92 Å². The molecule has 1 rings (SSSR count). The highest BCUT2D eigenvalue weighted by Gasteiger charge is 2.44. The lowest BCUT2D eigenvalue weighted by Crippen LogP contribution is -2.37. The van der Waals surface area contributed by atoms with Crippen molar-refractivity contribution in [3.8, 4) is 0 Å². The SMILES string of the molecule is CCN1CC(S)CC1OC(=O)C(F)(F)F. The van der Waals surface area contributed by atoms with Gasteiger partial charge in [-0.05, 0) is 6.54 Å². The van der Waals surface area contributed by atoms with Crippen LogP contribution in [-0.4, -0.2) is 41.6 Å². The summed E-state index contributed by atoms with van der Waals surface area (Å²) in [7, 11) is 0. The number of ether oxygens (including phenoxy) is 1. The number of nitrogens with zero attached hydrogens (tertiary/aromatic N) is 1. The maximum atomic E-state index is 11.9. The second-order valence-electron chi connectivity index (χ2n) is 3.33. The van der Waals surface area contributed by atoms with Gasteiger partial charge in [-0.3, -0.25) is 4.90 Å². The highest BCUT2D eigenvalue weighted by molar-refractivity contribution is 7.81. The molecule has 0 aromatic carbocycles. The minimum Gasteiger partial charge on any atom is -0.440 e. The molecule has 0 radical (unpaired) electrons. The van der Waals surface area contributed by atoms with Crippen molar-refractivity contribution in [2.45, 2.75) is 31.0 Å². The van der Waals surface area contributed by atoms with Crippen LogP contribution in [0.3, 0.4) is 0 Å². The summed E-state index contributed by atoms with van der Waals surface area (Å²) < 4.78 is 40.1. The predicted octanol–water partition coefficient (Wildman–Crippen LogP) is 1.44. The van der Waals surface area contributed by atoms with E-state index in [1.807, 2.05) is 0 Å². The van der Waals surface area contributed by atoms with Gasteiger partial charge in [0.05, 0.1) is 0 Å². The van der Waals surface area contributed by atoms with Crippen LogP contribution < -0.4 is 0 Å². The molecule has 0 bridgehead atoms. The quantitative estimate of drug-likeness (QED) is 0.588. The number of hydrogen-bond donors (Lipinski definition) is 1. The lowest BCUT2D eigenvalue weighted by molar-refractivity contribution is -0.210. The van der Waals surface area contributed by atoms with E-state index in [-0.39, 0.29) is 5.25 Å². The Morgan fingerprint density at radius 1 is 1.60 bits per heavy atom. The number of halogens is 3. The number of thiol groups is 1. The van der Waals surface area contributed by atoms with Crippen molar-refractivity contribution in [2.24, 2.45) is 0 Å². The summed E-state index contributed by atoms with van der Waals surface area (Å²) in [6.07, 6.45) is -5.39. The second-order valence-corrected chi connectivity index (χ2v) is 4.07. The third kappa shape index (κ3) is 3.27. The van der Waals surface area contributed by atoms with Crippen LogP contribution in [0.2, 0.25) is 0 Å². The first-order valence-corrected chi connectivity index (χ1v) is 5.06. The van der Waals surface area contributed by atoms with Crippen LogP contribution in [0.4, 0.5) is 13.2 Å². The second kappa shape index (κ2) is 4.61. The minimum absolute atomic E-state index is 0.0454. The van der Waals surface area contributed by atoms with E-state index in [4.69, 9.17) is 0 Å². The first kappa shape index (κ1) is 12.6. The van der Waals surface area contributed by atoms with Gasteiger partial charge in [-0.2, -0.15) is 25.8 Å². The van der Waals surface area contributed by atoms with Crippen LogP contribution in [0.5, 0.6) is 0 Å². The third-order valence-corrected chi connectivity index (χ3v) is 2.58. The maximum absolute atomic E-state index is 11.9. The molecule has 2 unspecified atom stereocenters. The molecule has 1 aliphatic heterocycles. The highest BCUT2D eigenvalue weighted by Crippen LogP contribution is 2.25. The van der Waals surface area contributed by atoms with Gasteiger partial charge >= 0.3 is 12.1 Å². The van der Waals surface area contributed by atoms with Crippen molar-refractivity contribution >= 4 is 18.6 Å².